The van der Waals surface area contributed by atoms with E-state index in [0.717, 1.165) is 21.8 Å². The van der Waals surface area contributed by atoms with E-state index in [1.807, 2.05) is 55.5 Å². The Labute approximate surface area is 211 Å². The number of hydrogen-bond donors (Lipinski definition) is 2. The van der Waals surface area contributed by atoms with Crippen molar-refractivity contribution in [2.75, 3.05) is 5.75 Å². The summed E-state index contributed by atoms with van der Waals surface area (Å²) in [5.41, 5.74) is 2.80. The zero-order chi connectivity index (χ0) is 24.5. The molecule has 0 aliphatic carbocycles. The van der Waals surface area contributed by atoms with Crippen LogP contribution < -0.4 is 5.56 Å². The van der Waals surface area contributed by atoms with E-state index in [1.54, 1.807) is 18.2 Å². The first kappa shape index (κ1) is 23.0. The molecular formula is C25H18BrN5O3S. The Morgan fingerprint density at radius 3 is 2.71 bits per heavy atom. The molecule has 0 spiro atoms. The maximum absolute atomic E-state index is 13.4. The van der Waals surface area contributed by atoms with Crippen molar-refractivity contribution in [1.29, 1.82) is 0 Å². The number of amides is 1. The molecule has 2 heterocycles. The number of hydrogen-bond acceptors (Lipinski definition) is 6. The Hall–Kier alpha value is -3.76. The lowest BCUT2D eigenvalue weighted by Crippen LogP contribution is -2.22. The first-order chi connectivity index (χ1) is 16.9. The second kappa shape index (κ2) is 9.47. The summed E-state index contributed by atoms with van der Waals surface area (Å²) in [5, 5.41) is 19.4. The summed E-state index contributed by atoms with van der Waals surface area (Å²) < 4.78 is 2.30. The lowest BCUT2D eigenvalue weighted by atomic mass is 10.1. The topological polar surface area (TPSA) is 113 Å². The highest BCUT2D eigenvalue weighted by Crippen LogP contribution is 2.37. The zero-order valence-corrected chi connectivity index (χ0v) is 20.8. The van der Waals surface area contributed by atoms with Crippen LogP contribution in [0, 0.1) is 6.92 Å². The van der Waals surface area contributed by atoms with Crippen molar-refractivity contribution >= 4 is 61.1 Å². The highest BCUT2D eigenvalue weighted by atomic mass is 79.9. The van der Waals surface area contributed by atoms with Gasteiger partial charge in [-0.1, -0.05) is 57.5 Å². The average Bonchev–Trinajstić information content (AvgIpc) is 3.16. The summed E-state index contributed by atoms with van der Waals surface area (Å²) in [5.74, 6) is -0.796. The Morgan fingerprint density at radius 2 is 1.91 bits per heavy atom. The molecule has 0 unspecified atom stereocenters. The van der Waals surface area contributed by atoms with Crippen molar-refractivity contribution in [3.8, 4) is 11.6 Å². The lowest BCUT2D eigenvalue weighted by Gasteiger charge is -2.12. The quantitative estimate of drug-likeness (QED) is 0.158. The number of aromatic nitrogens is 3. The Morgan fingerprint density at radius 1 is 1.11 bits per heavy atom. The number of H-pyrrole nitrogens is 1. The van der Waals surface area contributed by atoms with Crippen molar-refractivity contribution in [1.82, 2.24) is 14.5 Å². The molecule has 0 saturated heterocycles. The standard InChI is InChI=1S/C25H18BrN5O3S/c1-14-7-9-20-18(11-14)24(34)31(16-5-3-2-4-6-16)25(28-20)35-13-21(32)29-30-22-17-12-15(26)8-10-19(17)27-23(22)33/h2-12,27,33H,13H2,1H3. The first-order valence-corrected chi connectivity index (χ1v) is 12.3. The highest BCUT2D eigenvalue weighted by molar-refractivity contribution is 9.10. The van der Waals surface area contributed by atoms with Gasteiger partial charge in [0.25, 0.3) is 11.5 Å². The van der Waals surface area contributed by atoms with E-state index < -0.39 is 5.91 Å². The van der Waals surface area contributed by atoms with E-state index in [-0.39, 0.29) is 22.9 Å². The summed E-state index contributed by atoms with van der Waals surface area (Å²) >= 11 is 4.49. The molecule has 0 aliphatic rings. The molecule has 0 bridgehead atoms. The Balaban J connectivity index is 1.46. The van der Waals surface area contributed by atoms with Crippen LogP contribution >= 0.6 is 27.7 Å². The van der Waals surface area contributed by atoms with Gasteiger partial charge in [-0.05, 0) is 49.4 Å². The number of nitrogens with zero attached hydrogens (tertiary/aromatic N) is 4. The van der Waals surface area contributed by atoms with Crippen molar-refractivity contribution < 1.29 is 9.90 Å². The molecule has 0 atom stereocenters. The number of nitrogens with one attached hydrogen (secondary N) is 1. The number of para-hydroxylation sites is 1. The summed E-state index contributed by atoms with van der Waals surface area (Å²) in [7, 11) is 0. The van der Waals surface area contributed by atoms with Gasteiger partial charge in [0.2, 0.25) is 5.88 Å². The average molecular weight is 548 g/mol. The van der Waals surface area contributed by atoms with E-state index in [1.165, 1.54) is 4.57 Å². The number of benzene rings is 3. The fourth-order valence-corrected chi connectivity index (χ4v) is 4.83. The summed E-state index contributed by atoms with van der Waals surface area (Å²) in [6.45, 7) is 1.92. The van der Waals surface area contributed by atoms with Gasteiger partial charge >= 0.3 is 0 Å². The van der Waals surface area contributed by atoms with Crippen molar-refractivity contribution in [2.45, 2.75) is 12.1 Å². The van der Waals surface area contributed by atoms with Crippen LogP contribution in [0.5, 0.6) is 5.88 Å². The van der Waals surface area contributed by atoms with E-state index in [4.69, 9.17) is 0 Å². The van der Waals surface area contributed by atoms with Crippen molar-refractivity contribution in [2.24, 2.45) is 10.2 Å². The van der Waals surface area contributed by atoms with Gasteiger partial charge in [0.15, 0.2) is 10.8 Å². The molecule has 2 aromatic heterocycles. The van der Waals surface area contributed by atoms with Crippen LogP contribution in [-0.2, 0) is 4.79 Å². The third kappa shape index (κ3) is 4.62. The van der Waals surface area contributed by atoms with Gasteiger partial charge in [0, 0.05) is 9.86 Å². The maximum atomic E-state index is 13.4. The van der Waals surface area contributed by atoms with Crippen LogP contribution in [0.4, 0.5) is 5.69 Å². The predicted molar refractivity (Wildman–Crippen MR) is 140 cm³/mol. The SMILES string of the molecule is Cc1ccc2nc(SCC(=O)N=Nc3c(O)[nH]c4ccc(Br)cc34)n(-c3ccccc3)c(=O)c2c1. The minimum Gasteiger partial charge on any atom is -0.493 e. The number of aromatic hydroxyl groups is 1. The van der Waals surface area contributed by atoms with Crippen LogP contribution in [0.2, 0.25) is 0 Å². The third-order valence-corrected chi connectivity index (χ3v) is 6.72. The fourth-order valence-electron chi connectivity index (χ4n) is 3.68. The number of halogens is 1. The summed E-state index contributed by atoms with van der Waals surface area (Å²) in [4.78, 5) is 33.4. The van der Waals surface area contributed by atoms with Crippen LogP contribution in [0.15, 0.2) is 91.4 Å². The number of azo groups is 1. The molecule has 35 heavy (non-hydrogen) atoms. The lowest BCUT2D eigenvalue weighted by molar-refractivity contribution is -0.115. The van der Waals surface area contributed by atoms with E-state index >= 15 is 0 Å². The molecule has 174 valence electrons. The molecule has 0 radical (unpaired) electrons. The summed E-state index contributed by atoms with van der Waals surface area (Å²) in [6.07, 6.45) is 0. The third-order valence-electron chi connectivity index (χ3n) is 5.31. The number of aryl methyl sites for hydroxylation is 1. The number of carbonyl (C=O) groups is 1. The Kier molecular flexibility index (Phi) is 6.23. The maximum Gasteiger partial charge on any atom is 0.275 e. The van der Waals surface area contributed by atoms with Crippen LogP contribution in [0.1, 0.15) is 5.56 Å². The first-order valence-electron chi connectivity index (χ1n) is 10.6. The normalized spacial score (nSPS) is 11.6. The molecule has 10 heteroatoms. The molecule has 0 saturated carbocycles. The molecule has 5 rings (SSSR count). The smallest absolute Gasteiger partial charge is 0.275 e. The largest absolute Gasteiger partial charge is 0.493 e. The number of fused-ring (bicyclic) bond motifs is 2. The van der Waals surface area contributed by atoms with Gasteiger partial charge in [-0.2, -0.15) is 0 Å². The monoisotopic (exact) mass is 547 g/mol. The second-order valence-electron chi connectivity index (χ2n) is 7.79. The second-order valence-corrected chi connectivity index (χ2v) is 9.64. The molecule has 2 N–H and O–H groups in total. The molecule has 0 fully saturated rings. The van der Waals surface area contributed by atoms with Gasteiger partial charge in [-0.25, -0.2) is 4.98 Å². The van der Waals surface area contributed by atoms with Crippen molar-refractivity contribution in [3.05, 3.63) is 87.1 Å². The summed E-state index contributed by atoms with van der Waals surface area (Å²) in [6, 6.07) is 20.0. The molecule has 8 nitrogen and oxygen atoms in total. The van der Waals surface area contributed by atoms with Crippen LogP contribution in [-0.4, -0.2) is 31.3 Å². The Bertz CT molecular complexity index is 1680. The number of aromatic amines is 1. The fraction of sp³-hybridized carbons (Fsp3) is 0.0800. The molecule has 5 aromatic rings. The van der Waals surface area contributed by atoms with E-state index in [2.05, 4.69) is 36.1 Å². The molecule has 3 aromatic carbocycles. The number of carbonyl (C=O) groups excluding carboxylic acids is 1. The van der Waals surface area contributed by atoms with Gasteiger partial charge in [0.1, 0.15) is 0 Å². The van der Waals surface area contributed by atoms with Crippen LogP contribution in [0.25, 0.3) is 27.5 Å². The minimum atomic E-state index is -0.531. The predicted octanol–water partition coefficient (Wildman–Crippen LogP) is 6.05. The van der Waals surface area contributed by atoms with Gasteiger partial charge < -0.3 is 10.1 Å². The molecular weight excluding hydrogens is 530 g/mol. The zero-order valence-electron chi connectivity index (χ0n) is 18.4. The number of thioether (sulfide) groups is 1. The van der Waals surface area contributed by atoms with Gasteiger partial charge in [-0.15, -0.1) is 10.2 Å². The van der Waals surface area contributed by atoms with E-state index in [9.17, 15) is 14.7 Å². The highest BCUT2D eigenvalue weighted by Gasteiger charge is 2.16. The minimum absolute atomic E-state index is 0.0903. The number of rotatable bonds is 5. The van der Waals surface area contributed by atoms with Crippen LogP contribution in [0.3, 0.4) is 0 Å². The van der Waals surface area contributed by atoms with Gasteiger partial charge in [-0.3, -0.25) is 14.2 Å². The molecule has 0 aliphatic heterocycles. The van der Waals surface area contributed by atoms with Crippen molar-refractivity contribution in [3.63, 3.8) is 0 Å². The van der Waals surface area contributed by atoms with E-state index in [0.29, 0.717) is 32.6 Å². The van der Waals surface area contributed by atoms with Gasteiger partial charge in [0.05, 0.1) is 27.9 Å². The molecule has 1 amide bonds.